The van der Waals surface area contributed by atoms with Crippen molar-refractivity contribution in [3.63, 3.8) is 0 Å². The van der Waals surface area contributed by atoms with E-state index in [-0.39, 0.29) is 62.0 Å². The zero-order chi connectivity index (χ0) is 5.98. The summed E-state index contributed by atoms with van der Waals surface area (Å²) in [5.74, 6) is 0. The fourth-order valence-corrected chi connectivity index (χ4v) is 0.858. The average molecular weight is 289 g/mol. The quantitative estimate of drug-likeness (QED) is 0.388. The molecule has 3 N–H and O–H groups in total. The first-order chi connectivity index (χ1) is 3.79. The van der Waals surface area contributed by atoms with Gasteiger partial charge in [0.25, 0.3) is 0 Å². The smallest absolute Gasteiger partial charge is 1.00 e. The molecule has 1 heterocycles. The molecule has 0 aromatic carbocycles. The molecule has 0 aromatic heterocycles. The SMILES string of the molecule is CC1NCNC(C)N1.[CH3-].[Cl-].[Cl-].[Cl-].[Cr+4]. The number of hydrogen-bond acceptors (Lipinski definition) is 3. The maximum absolute atomic E-state index is 3.26. The summed E-state index contributed by atoms with van der Waals surface area (Å²) in [7, 11) is 0. The first kappa shape index (κ1) is 29.2. The minimum Gasteiger partial charge on any atom is -1.00 e. The molecule has 1 aliphatic heterocycles. The second kappa shape index (κ2) is 15.7. The fourth-order valence-electron chi connectivity index (χ4n) is 0.858. The second-order valence-corrected chi connectivity index (χ2v) is 2.20. The molecular formula is C6H16Cl3CrN3. The Morgan fingerprint density at radius 1 is 0.923 bits per heavy atom. The van der Waals surface area contributed by atoms with Crippen LogP contribution < -0.4 is 53.2 Å². The maximum atomic E-state index is 3.26. The fraction of sp³-hybridized carbons (Fsp3) is 0.833. The van der Waals surface area contributed by atoms with Crippen molar-refractivity contribution in [3.8, 4) is 0 Å². The first-order valence-electron chi connectivity index (χ1n) is 3.02. The monoisotopic (exact) mass is 287 g/mol. The van der Waals surface area contributed by atoms with Crippen LogP contribution in [-0.2, 0) is 17.4 Å². The molecule has 0 aliphatic carbocycles. The van der Waals surface area contributed by atoms with E-state index in [1.54, 1.807) is 0 Å². The summed E-state index contributed by atoms with van der Waals surface area (Å²) in [6.07, 6.45) is 0.900. The minimum absolute atomic E-state index is 0. The molecule has 82 valence electrons. The van der Waals surface area contributed by atoms with Gasteiger partial charge in [0.15, 0.2) is 0 Å². The predicted octanol–water partition coefficient (Wildman–Crippen LogP) is -9.12. The van der Waals surface area contributed by atoms with E-state index in [4.69, 9.17) is 0 Å². The normalized spacial score (nSPS) is 24.5. The molecule has 0 radical (unpaired) electrons. The van der Waals surface area contributed by atoms with Crippen LogP contribution in [0.15, 0.2) is 0 Å². The van der Waals surface area contributed by atoms with Gasteiger partial charge in [-0.25, -0.2) is 0 Å². The molecule has 3 nitrogen and oxygen atoms in total. The molecule has 1 fully saturated rings. The molecule has 2 unspecified atom stereocenters. The van der Waals surface area contributed by atoms with Crippen LogP contribution in [0, 0.1) is 7.43 Å². The Bertz CT molecular complexity index is 81.5. The third-order valence-corrected chi connectivity index (χ3v) is 1.32. The standard InChI is InChI=1S/C5H13N3.CH3.3ClH.Cr/c1-4-6-3-7-5(2)8-4;;;;;/h4-8H,3H2,1-2H3;1H3;3*1H;/q;-1;;;;+4/p-3. The molecule has 0 saturated carbocycles. The summed E-state index contributed by atoms with van der Waals surface area (Å²) in [6, 6.07) is 0. The zero-order valence-corrected chi connectivity index (χ0v) is 11.4. The molecule has 1 saturated heterocycles. The Morgan fingerprint density at radius 3 is 1.38 bits per heavy atom. The van der Waals surface area contributed by atoms with Gasteiger partial charge in [0, 0.05) is 6.67 Å². The molecule has 2 atom stereocenters. The van der Waals surface area contributed by atoms with Gasteiger partial charge in [-0.15, -0.1) is 0 Å². The van der Waals surface area contributed by atoms with Gasteiger partial charge >= 0.3 is 17.4 Å². The molecule has 0 aromatic rings. The van der Waals surface area contributed by atoms with Gasteiger partial charge in [-0.05, 0) is 13.8 Å². The number of rotatable bonds is 0. The van der Waals surface area contributed by atoms with Crippen LogP contribution >= 0.6 is 0 Å². The van der Waals surface area contributed by atoms with Crippen molar-refractivity contribution in [2.24, 2.45) is 0 Å². The van der Waals surface area contributed by atoms with Crippen molar-refractivity contribution in [1.29, 1.82) is 0 Å². The molecule has 0 bridgehead atoms. The Kier molecular flexibility index (Phi) is 35.4. The minimum atomic E-state index is 0. The van der Waals surface area contributed by atoms with Gasteiger partial charge in [-0.2, -0.15) is 0 Å². The summed E-state index contributed by atoms with van der Waals surface area (Å²) in [6.45, 7) is 5.13. The summed E-state index contributed by atoms with van der Waals surface area (Å²) >= 11 is 0. The zero-order valence-electron chi connectivity index (χ0n) is 7.90. The third kappa shape index (κ3) is 13.3. The van der Waals surface area contributed by atoms with E-state index >= 15 is 0 Å². The molecule has 1 rings (SSSR count). The van der Waals surface area contributed by atoms with Crippen molar-refractivity contribution in [2.75, 3.05) is 6.67 Å². The van der Waals surface area contributed by atoms with Crippen molar-refractivity contribution in [3.05, 3.63) is 7.43 Å². The molecular weight excluding hydrogens is 272 g/mol. The summed E-state index contributed by atoms with van der Waals surface area (Å²) in [5.41, 5.74) is 0. The number of hydrogen-bond donors (Lipinski definition) is 3. The van der Waals surface area contributed by atoms with Crippen molar-refractivity contribution < 1.29 is 54.6 Å². The summed E-state index contributed by atoms with van der Waals surface area (Å²) in [5, 5.41) is 9.64. The van der Waals surface area contributed by atoms with E-state index in [1.807, 2.05) is 0 Å². The second-order valence-electron chi connectivity index (χ2n) is 2.20. The van der Waals surface area contributed by atoms with Gasteiger partial charge in [-0.3, -0.25) is 16.0 Å². The average Bonchev–Trinajstić information content (AvgIpc) is 1.64. The number of halogens is 3. The largest absolute Gasteiger partial charge is 4.00 e. The molecule has 0 amide bonds. The Labute approximate surface area is 111 Å². The third-order valence-electron chi connectivity index (χ3n) is 1.32. The van der Waals surface area contributed by atoms with E-state index in [9.17, 15) is 0 Å². The van der Waals surface area contributed by atoms with Gasteiger partial charge in [-0.1, -0.05) is 0 Å². The maximum Gasteiger partial charge on any atom is 4.00 e. The van der Waals surface area contributed by atoms with Crippen LogP contribution in [0.2, 0.25) is 0 Å². The van der Waals surface area contributed by atoms with Crippen molar-refractivity contribution >= 4 is 0 Å². The van der Waals surface area contributed by atoms with Crippen LogP contribution in [0.25, 0.3) is 0 Å². The topological polar surface area (TPSA) is 36.1 Å². The Balaban J connectivity index is -0.0000000427. The Morgan fingerprint density at radius 2 is 1.23 bits per heavy atom. The summed E-state index contributed by atoms with van der Waals surface area (Å²) < 4.78 is 0. The number of nitrogens with one attached hydrogen (secondary N) is 3. The molecule has 0 spiro atoms. The Hall–Kier alpha value is 1.28. The van der Waals surface area contributed by atoms with Gasteiger partial charge in [0.2, 0.25) is 0 Å². The molecule has 1 aliphatic rings. The van der Waals surface area contributed by atoms with Crippen molar-refractivity contribution in [2.45, 2.75) is 26.2 Å². The summed E-state index contributed by atoms with van der Waals surface area (Å²) in [4.78, 5) is 0. The van der Waals surface area contributed by atoms with Crippen LogP contribution in [0.3, 0.4) is 0 Å². The molecule has 7 heteroatoms. The van der Waals surface area contributed by atoms with Crippen LogP contribution in [0.4, 0.5) is 0 Å². The van der Waals surface area contributed by atoms with E-state index in [0.29, 0.717) is 12.3 Å². The van der Waals surface area contributed by atoms with Crippen LogP contribution in [0.1, 0.15) is 13.8 Å². The van der Waals surface area contributed by atoms with E-state index < -0.39 is 0 Å². The predicted molar refractivity (Wildman–Crippen MR) is 39.6 cm³/mol. The van der Waals surface area contributed by atoms with Crippen LogP contribution in [-0.4, -0.2) is 19.0 Å². The molecule has 13 heavy (non-hydrogen) atoms. The van der Waals surface area contributed by atoms with Crippen molar-refractivity contribution in [1.82, 2.24) is 16.0 Å². The van der Waals surface area contributed by atoms with E-state index in [2.05, 4.69) is 29.8 Å². The van der Waals surface area contributed by atoms with Gasteiger partial charge in [0.1, 0.15) is 0 Å². The van der Waals surface area contributed by atoms with Gasteiger partial charge in [0.05, 0.1) is 12.3 Å². The van der Waals surface area contributed by atoms with Gasteiger partial charge < -0.3 is 44.6 Å². The van der Waals surface area contributed by atoms with Crippen LogP contribution in [0.5, 0.6) is 0 Å². The van der Waals surface area contributed by atoms with E-state index in [0.717, 1.165) is 6.67 Å². The van der Waals surface area contributed by atoms with E-state index in [1.165, 1.54) is 0 Å². The first-order valence-corrected chi connectivity index (χ1v) is 3.02.